The van der Waals surface area contributed by atoms with E-state index in [2.05, 4.69) is 19.2 Å². The zero-order chi connectivity index (χ0) is 14.4. The van der Waals surface area contributed by atoms with E-state index in [1.54, 1.807) is 15.9 Å². The van der Waals surface area contributed by atoms with Gasteiger partial charge in [-0.25, -0.2) is 0 Å². The Bertz CT molecular complexity index is 587. The second-order valence-electron chi connectivity index (χ2n) is 5.36. The molecule has 110 valence electrons. The monoisotopic (exact) mass is 292 g/mol. The van der Waals surface area contributed by atoms with Crippen molar-refractivity contribution in [2.75, 3.05) is 6.54 Å². The normalized spacial score (nSPS) is 12.9. The smallest absolute Gasteiger partial charge is 0.259 e. The van der Waals surface area contributed by atoms with Crippen LogP contribution in [-0.2, 0) is 6.54 Å². The maximum absolute atomic E-state index is 12.2. The number of fused-ring (bicyclic) bond motifs is 1. The number of pyridine rings is 1. The molecule has 0 radical (unpaired) electrons. The van der Waals surface area contributed by atoms with Crippen LogP contribution in [0.5, 0.6) is 0 Å². The summed E-state index contributed by atoms with van der Waals surface area (Å²) in [4.78, 5) is 12.2. The lowest BCUT2D eigenvalue weighted by molar-refractivity contribution is 0.468. The lowest BCUT2D eigenvalue weighted by Crippen LogP contribution is -2.32. The van der Waals surface area contributed by atoms with Crippen LogP contribution in [0.4, 0.5) is 0 Å². The first-order valence-corrected chi connectivity index (χ1v) is 8.40. The van der Waals surface area contributed by atoms with Gasteiger partial charge in [-0.15, -0.1) is 11.3 Å². The van der Waals surface area contributed by atoms with Crippen LogP contribution in [0.15, 0.2) is 28.5 Å². The van der Waals surface area contributed by atoms with Gasteiger partial charge in [0.2, 0.25) is 0 Å². The van der Waals surface area contributed by atoms with Gasteiger partial charge in [-0.2, -0.15) is 0 Å². The number of hydrogen-bond donors (Lipinski definition) is 1. The predicted octanol–water partition coefficient (Wildman–Crippen LogP) is 3.62. The zero-order valence-electron chi connectivity index (χ0n) is 12.4. The number of nitrogens with one attached hydrogen (secondary N) is 1. The van der Waals surface area contributed by atoms with E-state index < -0.39 is 0 Å². The van der Waals surface area contributed by atoms with E-state index in [1.807, 2.05) is 23.7 Å². The minimum absolute atomic E-state index is 0.129. The zero-order valence-corrected chi connectivity index (χ0v) is 13.2. The van der Waals surface area contributed by atoms with E-state index in [4.69, 9.17) is 0 Å². The molecule has 0 bridgehead atoms. The Morgan fingerprint density at radius 1 is 1.35 bits per heavy atom. The molecule has 0 amide bonds. The first kappa shape index (κ1) is 15.3. The Kier molecular flexibility index (Phi) is 5.80. The maximum atomic E-state index is 12.2. The molecule has 1 unspecified atom stereocenters. The largest absolute Gasteiger partial charge is 0.314 e. The molecule has 2 aromatic heterocycles. The summed E-state index contributed by atoms with van der Waals surface area (Å²) in [5.41, 5.74) is 0.129. The summed E-state index contributed by atoms with van der Waals surface area (Å²) in [5, 5.41) is 6.32. The molecular formula is C16H24N2OS. The number of rotatable bonds is 8. The van der Waals surface area contributed by atoms with Gasteiger partial charge in [0.1, 0.15) is 0 Å². The van der Waals surface area contributed by atoms with Crippen LogP contribution in [0.2, 0.25) is 0 Å². The Morgan fingerprint density at radius 2 is 2.20 bits per heavy atom. The van der Waals surface area contributed by atoms with Crippen molar-refractivity contribution < 1.29 is 0 Å². The molecule has 2 rings (SSSR count). The number of nitrogens with zero attached hydrogens (tertiary/aromatic N) is 1. The minimum atomic E-state index is 0.129. The van der Waals surface area contributed by atoms with Crippen LogP contribution in [0.3, 0.4) is 0 Å². The fourth-order valence-corrected chi connectivity index (χ4v) is 3.19. The summed E-state index contributed by atoms with van der Waals surface area (Å²) < 4.78 is 2.88. The van der Waals surface area contributed by atoms with Crippen molar-refractivity contribution in [3.63, 3.8) is 0 Å². The average Bonchev–Trinajstić information content (AvgIpc) is 2.91. The Labute approximate surface area is 124 Å². The molecule has 0 fully saturated rings. The molecule has 1 N–H and O–H groups in total. The first-order valence-electron chi connectivity index (χ1n) is 7.52. The van der Waals surface area contributed by atoms with Crippen LogP contribution in [0, 0.1) is 0 Å². The van der Waals surface area contributed by atoms with Crippen LogP contribution < -0.4 is 10.9 Å². The molecule has 20 heavy (non-hydrogen) atoms. The highest BCUT2D eigenvalue weighted by Crippen LogP contribution is 2.16. The Balaban J connectivity index is 1.83. The summed E-state index contributed by atoms with van der Waals surface area (Å²) in [5.74, 6) is 0. The van der Waals surface area contributed by atoms with Gasteiger partial charge in [-0.1, -0.05) is 26.2 Å². The third kappa shape index (κ3) is 3.93. The molecule has 2 aromatic rings. The highest BCUT2D eigenvalue weighted by Gasteiger charge is 2.04. The molecule has 0 saturated carbocycles. The lowest BCUT2D eigenvalue weighted by Gasteiger charge is -2.14. The van der Waals surface area contributed by atoms with E-state index >= 15 is 0 Å². The van der Waals surface area contributed by atoms with Gasteiger partial charge in [0.25, 0.3) is 5.56 Å². The third-order valence-electron chi connectivity index (χ3n) is 3.68. The second-order valence-corrected chi connectivity index (χ2v) is 6.31. The van der Waals surface area contributed by atoms with Crippen molar-refractivity contribution in [2.24, 2.45) is 0 Å². The SMILES string of the molecule is CCCCCC(C)NCCn1ccc2sccc2c1=O. The van der Waals surface area contributed by atoms with Gasteiger partial charge in [-0.05, 0) is 30.9 Å². The number of hydrogen-bond acceptors (Lipinski definition) is 3. The van der Waals surface area contributed by atoms with Gasteiger partial charge in [0.15, 0.2) is 0 Å². The van der Waals surface area contributed by atoms with Crippen LogP contribution in [0.1, 0.15) is 39.5 Å². The van der Waals surface area contributed by atoms with E-state index in [-0.39, 0.29) is 5.56 Å². The van der Waals surface area contributed by atoms with E-state index in [1.165, 1.54) is 25.7 Å². The maximum Gasteiger partial charge on any atom is 0.259 e. The van der Waals surface area contributed by atoms with Crippen molar-refractivity contribution in [1.29, 1.82) is 0 Å². The van der Waals surface area contributed by atoms with Crippen molar-refractivity contribution in [1.82, 2.24) is 9.88 Å². The van der Waals surface area contributed by atoms with E-state index in [9.17, 15) is 4.79 Å². The summed E-state index contributed by atoms with van der Waals surface area (Å²) in [7, 11) is 0. The highest BCUT2D eigenvalue weighted by atomic mass is 32.1. The average molecular weight is 292 g/mol. The molecule has 0 spiro atoms. The fraction of sp³-hybridized carbons (Fsp3) is 0.562. The molecule has 2 heterocycles. The molecule has 0 aromatic carbocycles. The third-order valence-corrected chi connectivity index (χ3v) is 4.56. The molecule has 0 aliphatic rings. The predicted molar refractivity (Wildman–Crippen MR) is 87.7 cm³/mol. The van der Waals surface area contributed by atoms with Gasteiger partial charge < -0.3 is 9.88 Å². The highest BCUT2D eigenvalue weighted by molar-refractivity contribution is 7.17. The van der Waals surface area contributed by atoms with Gasteiger partial charge in [0, 0.05) is 30.0 Å². The Hall–Kier alpha value is -1.13. The quantitative estimate of drug-likeness (QED) is 0.754. The van der Waals surface area contributed by atoms with Crippen LogP contribution >= 0.6 is 11.3 Å². The number of unbranched alkanes of at least 4 members (excludes halogenated alkanes) is 2. The van der Waals surface area contributed by atoms with Crippen LogP contribution in [0.25, 0.3) is 10.1 Å². The molecule has 0 saturated heterocycles. The summed E-state index contributed by atoms with van der Waals surface area (Å²) in [6.45, 7) is 6.04. The molecular weight excluding hydrogens is 268 g/mol. The van der Waals surface area contributed by atoms with Crippen molar-refractivity contribution in [2.45, 2.75) is 52.1 Å². The summed E-state index contributed by atoms with van der Waals surface area (Å²) >= 11 is 1.62. The fourth-order valence-electron chi connectivity index (χ4n) is 2.42. The minimum Gasteiger partial charge on any atom is -0.314 e. The summed E-state index contributed by atoms with van der Waals surface area (Å²) in [6, 6.07) is 4.48. The second kappa shape index (κ2) is 7.60. The standard InChI is InChI=1S/C16H24N2OS/c1-3-4-5-6-13(2)17-9-11-18-10-7-15-14(16(18)19)8-12-20-15/h7-8,10,12-13,17H,3-6,9,11H2,1-2H3. The van der Waals surface area contributed by atoms with Gasteiger partial charge >= 0.3 is 0 Å². The number of aromatic nitrogens is 1. The molecule has 1 atom stereocenters. The Morgan fingerprint density at radius 3 is 3.00 bits per heavy atom. The number of thiophene rings is 1. The van der Waals surface area contributed by atoms with Crippen molar-refractivity contribution in [3.05, 3.63) is 34.1 Å². The van der Waals surface area contributed by atoms with Crippen molar-refractivity contribution in [3.8, 4) is 0 Å². The van der Waals surface area contributed by atoms with Crippen LogP contribution in [-0.4, -0.2) is 17.2 Å². The van der Waals surface area contributed by atoms with E-state index in [0.717, 1.165) is 23.2 Å². The first-order chi connectivity index (χ1) is 9.72. The molecule has 0 aliphatic carbocycles. The van der Waals surface area contributed by atoms with Crippen molar-refractivity contribution >= 4 is 21.4 Å². The van der Waals surface area contributed by atoms with Gasteiger partial charge in [0.05, 0.1) is 5.39 Å². The van der Waals surface area contributed by atoms with Gasteiger partial charge in [-0.3, -0.25) is 4.79 Å². The lowest BCUT2D eigenvalue weighted by atomic mass is 10.1. The molecule has 0 aliphatic heterocycles. The summed E-state index contributed by atoms with van der Waals surface area (Å²) in [6.07, 6.45) is 6.98. The molecule has 3 nitrogen and oxygen atoms in total. The molecule has 4 heteroatoms. The van der Waals surface area contributed by atoms with E-state index in [0.29, 0.717) is 6.04 Å². The topological polar surface area (TPSA) is 34.0 Å².